The molecule has 0 amide bonds. The maximum Gasteiger partial charge on any atom is 0.491 e. The van der Waals surface area contributed by atoms with Crippen LogP contribution in [0.2, 0.25) is 0 Å². The highest BCUT2D eigenvalue weighted by Crippen LogP contribution is 2.49. The largest absolute Gasteiger partial charge is 0.491 e. The molecule has 1 N–H and O–H groups in total. The second-order valence-electron chi connectivity index (χ2n) is 9.31. The van der Waals surface area contributed by atoms with Gasteiger partial charge in [-0.15, -0.1) is 0 Å². The number of rotatable bonds is 6. The number of carbonyl (C=O) groups excluding carboxylic acids is 1. The summed E-state index contributed by atoms with van der Waals surface area (Å²) >= 11 is 0.877. The molecule has 2 heterocycles. The molecule has 1 unspecified atom stereocenters. The number of ether oxygens (including phenoxy) is 1. The van der Waals surface area contributed by atoms with Crippen molar-refractivity contribution in [3.63, 3.8) is 0 Å². The van der Waals surface area contributed by atoms with Gasteiger partial charge in [-0.1, -0.05) is 42.8 Å². The molecule has 1 aliphatic carbocycles. The van der Waals surface area contributed by atoms with E-state index in [0.29, 0.717) is 36.9 Å². The van der Waals surface area contributed by atoms with Crippen molar-refractivity contribution in [2.24, 2.45) is 0 Å². The number of likely N-dealkylation sites (tertiary alicyclic amines) is 1. The normalized spacial score (nSPS) is 22.4. The Labute approximate surface area is 222 Å². The first kappa shape index (κ1) is 26.6. The molecule has 38 heavy (non-hydrogen) atoms. The van der Waals surface area contributed by atoms with Gasteiger partial charge in [0.05, 0.1) is 4.90 Å². The molecule has 202 valence electrons. The molecule has 0 radical (unpaired) electrons. The fourth-order valence-electron chi connectivity index (χ4n) is 5.43. The summed E-state index contributed by atoms with van der Waals surface area (Å²) in [7, 11) is -4.02. The van der Waals surface area contributed by atoms with E-state index < -0.39 is 27.9 Å². The third-order valence-corrected chi connectivity index (χ3v) is 9.04. The number of hydrogen-bond acceptors (Lipinski definition) is 8. The van der Waals surface area contributed by atoms with Gasteiger partial charge in [0.2, 0.25) is 5.13 Å². The minimum atomic E-state index is -5.18. The molecule has 0 bridgehead atoms. The van der Waals surface area contributed by atoms with Crippen LogP contribution >= 0.6 is 11.5 Å². The first-order valence-corrected chi connectivity index (χ1v) is 14.4. The summed E-state index contributed by atoms with van der Waals surface area (Å²) in [5, 5.41) is 0.0928. The molecular weight excluding hydrogens is 541 g/mol. The van der Waals surface area contributed by atoms with E-state index in [4.69, 9.17) is 4.74 Å². The van der Waals surface area contributed by atoms with Gasteiger partial charge in [0.1, 0.15) is 6.33 Å². The first-order chi connectivity index (χ1) is 18.1. The Morgan fingerprint density at radius 3 is 2.63 bits per heavy atom. The number of nitrogens with one attached hydrogen (secondary N) is 1. The van der Waals surface area contributed by atoms with Gasteiger partial charge in [0.25, 0.3) is 10.0 Å². The van der Waals surface area contributed by atoms with Crippen LogP contribution in [0.3, 0.4) is 0 Å². The van der Waals surface area contributed by atoms with Crippen LogP contribution in [-0.4, -0.2) is 41.4 Å². The topological polar surface area (TPSA) is 101 Å². The van der Waals surface area contributed by atoms with Gasteiger partial charge >= 0.3 is 12.1 Å². The standard InChI is InChI=1S/C25H25F3N4O4S2/c26-25(27,28)22(33)36-24(32-14-5-4-10-21(32)17-7-2-1-3-8-17)13-6-9-18-15-19(11-12-20(18)24)38(34,35)31-23-29-16-30-37-23/h1-3,7-8,11-12,15-16,21H,4-6,9-10,13-14H2,(H,29,30,31)/t21-,24?/m0/s1. The highest BCUT2D eigenvalue weighted by atomic mass is 32.2. The summed E-state index contributed by atoms with van der Waals surface area (Å²) in [6, 6.07) is 13.4. The minimum Gasteiger partial charge on any atom is -0.433 e. The number of aryl methyl sites for hydroxylation is 1. The molecule has 2 aliphatic rings. The summed E-state index contributed by atoms with van der Waals surface area (Å²) in [5.41, 5.74) is 0.112. The lowest BCUT2D eigenvalue weighted by molar-refractivity contribution is -0.245. The zero-order valence-corrected chi connectivity index (χ0v) is 21.8. The maximum absolute atomic E-state index is 13.5. The number of alkyl halides is 3. The van der Waals surface area contributed by atoms with Crippen LogP contribution in [0.1, 0.15) is 54.8 Å². The van der Waals surface area contributed by atoms with Crippen molar-refractivity contribution in [1.82, 2.24) is 14.3 Å². The zero-order chi connectivity index (χ0) is 27.0. The Hall–Kier alpha value is -3.03. The van der Waals surface area contributed by atoms with E-state index in [9.17, 15) is 26.4 Å². The molecule has 0 spiro atoms. The second kappa shape index (κ2) is 10.3. The van der Waals surface area contributed by atoms with Gasteiger partial charge in [0, 0.05) is 36.1 Å². The van der Waals surface area contributed by atoms with Crippen molar-refractivity contribution in [1.29, 1.82) is 0 Å². The highest BCUT2D eigenvalue weighted by Gasteiger charge is 2.53. The molecule has 1 fully saturated rings. The average molecular weight is 567 g/mol. The predicted molar refractivity (Wildman–Crippen MR) is 134 cm³/mol. The van der Waals surface area contributed by atoms with E-state index in [1.165, 1.54) is 24.5 Å². The number of aromatic nitrogens is 2. The number of carbonyl (C=O) groups is 1. The van der Waals surface area contributed by atoms with Crippen molar-refractivity contribution in [2.45, 2.75) is 61.4 Å². The molecule has 1 saturated heterocycles. The number of fused-ring (bicyclic) bond motifs is 1. The van der Waals surface area contributed by atoms with Crippen molar-refractivity contribution in [3.8, 4) is 0 Å². The van der Waals surface area contributed by atoms with Gasteiger partial charge in [-0.2, -0.15) is 17.5 Å². The Balaban J connectivity index is 1.60. The van der Waals surface area contributed by atoms with E-state index in [1.54, 1.807) is 0 Å². The number of esters is 1. The molecule has 8 nitrogen and oxygen atoms in total. The maximum atomic E-state index is 13.5. The molecule has 2 atom stereocenters. The summed E-state index contributed by atoms with van der Waals surface area (Å²) in [6.07, 6.45) is -0.694. The van der Waals surface area contributed by atoms with Gasteiger partial charge in [-0.25, -0.2) is 18.2 Å². The van der Waals surface area contributed by atoms with E-state index in [0.717, 1.165) is 29.9 Å². The SMILES string of the molecule is O=C(OC1(N2CCCC[C@H]2c2ccccc2)CCCc2cc(S(=O)(=O)Nc3ncns3)ccc21)C(F)(F)F. The molecule has 0 saturated carbocycles. The van der Waals surface area contributed by atoms with Crippen molar-refractivity contribution >= 4 is 32.7 Å². The Morgan fingerprint density at radius 2 is 1.92 bits per heavy atom. The third kappa shape index (κ3) is 5.14. The third-order valence-electron chi connectivity index (χ3n) is 7.00. The summed E-state index contributed by atoms with van der Waals surface area (Å²) in [6.45, 7) is 0.419. The van der Waals surface area contributed by atoms with Crippen LogP contribution in [0.15, 0.2) is 59.8 Å². The quantitative estimate of drug-likeness (QED) is 0.411. The van der Waals surface area contributed by atoms with E-state index in [-0.39, 0.29) is 22.5 Å². The molecule has 5 rings (SSSR count). The number of benzene rings is 2. The average Bonchev–Trinajstić information content (AvgIpc) is 3.41. The number of sulfonamides is 1. The Bertz CT molecular complexity index is 1400. The molecule has 1 aromatic heterocycles. The summed E-state index contributed by atoms with van der Waals surface area (Å²) in [5.74, 6) is -2.27. The number of hydrogen-bond donors (Lipinski definition) is 1. The summed E-state index contributed by atoms with van der Waals surface area (Å²) < 4.78 is 78.2. The van der Waals surface area contributed by atoms with Crippen LogP contribution in [0.5, 0.6) is 0 Å². The number of halogens is 3. The van der Waals surface area contributed by atoms with Gasteiger partial charge < -0.3 is 4.74 Å². The fourth-order valence-corrected chi connectivity index (χ4v) is 7.14. The molecule has 3 aromatic rings. The number of nitrogens with zero attached hydrogens (tertiary/aromatic N) is 3. The lowest BCUT2D eigenvalue weighted by atomic mass is 9.80. The van der Waals surface area contributed by atoms with Crippen molar-refractivity contribution in [3.05, 3.63) is 71.5 Å². The van der Waals surface area contributed by atoms with Gasteiger partial charge in [-0.05, 0) is 48.9 Å². The fraction of sp³-hybridized carbons (Fsp3) is 0.400. The smallest absolute Gasteiger partial charge is 0.433 e. The predicted octanol–water partition coefficient (Wildman–Crippen LogP) is 5.16. The van der Waals surface area contributed by atoms with Gasteiger partial charge in [0.15, 0.2) is 5.72 Å². The minimum absolute atomic E-state index is 0.0670. The number of anilines is 1. The molecular formula is C25H25F3N4O4S2. The lowest BCUT2D eigenvalue weighted by Gasteiger charge is -2.51. The van der Waals surface area contributed by atoms with Crippen LogP contribution in [0.4, 0.5) is 18.3 Å². The highest BCUT2D eigenvalue weighted by molar-refractivity contribution is 7.93. The number of piperidine rings is 1. The zero-order valence-electron chi connectivity index (χ0n) is 20.1. The Morgan fingerprint density at radius 1 is 1.13 bits per heavy atom. The van der Waals surface area contributed by atoms with Crippen LogP contribution in [0.25, 0.3) is 0 Å². The first-order valence-electron chi connectivity index (χ1n) is 12.1. The van der Waals surface area contributed by atoms with E-state index in [2.05, 4.69) is 14.1 Å². The lowest BCUT2D eigenvalue weighted by Crippen LogP contribution is -2.55. The molecule has 13 heteroatoms. The van der Waals surface area contributed by atoms with E-state index >= 15 is 0 Å². The van der Waals surface area contributed by atoms with Crippen LogP contribution in [0, 0.1) is 0 Å². The molecule has 2 aromatic carbocycles. The van der Waals surface area contributed by atoms with Crippen molar-refractivity contribution in [2.75, 3.05) is 11.3 Å². The summed E-state index contributed by atoms with van der Waals surface area (Å²) in [4.78, 5) is 18.0. The van der Waals surface area contributed by atoms with Crippen LogP contribution < -0.4 is 4.72 Å². The monoisotopic (exact) mass is 566 g/mol. The van der Waals surface area contributed by atoms with E-state index in [1.807, 2.05) is 35.2 Å². The Kier molecular flexibility index (Phi) is 7.18. The van der Waals surface area contributed by atoms with Crippen LogP contribution in [-0.2, 0) is 31.7 Å². The van der Waals surface area contributed by atoms with Crippen molar-refractivity contribution < 1.29 is 31.1 Å². The molecule has 1 aliphatic heterocycles. The van der Waals surface area contributed by atoms with Gasteiger partial charge in [-0.3, -0.25) is 9.62 Å². The second-order valence-corrected chi connectivity index (χ2v) is 11.8.